The van der Waals surface area contributed by atoms with Crippen molar-refractivity contribution in [2.75, 3.05) is 46.1 Å². The van der Waals surface area contributed by atoms with Crippen molar-refractivity contribution in [1.29, 1.82) is 0 Å². The van der Waals surface area contributed by atoms with Crippen molar-refractivity contribution in [3.8, 4) is 11.5 Å². The van der Waals surface area contributed by atoms with Crippen molar-refractivity contribution in [1.82, 2.24) is 4.72 Å². The molecular formula is C21H27N2O5S+. The van der Waals surface area contributed by atoms with Crippen LogP contribution in [-0.2, 0) is 14.8 Å². The van der Waals surface area contributed by atoms with Crippen molar-refractivity contribution in [3.63, 3.8) is 0 Å². The first-order valence-electron chi connectivity index (χ1n) is 9.91. The Morgan fingerprint density at radius 2 is 1.66 bits per heavy atom. The maximum atomic E-state index is 13.2. The van der Waals surface area contributed by atoms with Gasteiger partial charge in [-0.15, -0.1) is 0 Å². The van der Waals surface area contributed by atoms with Crippen LogP contribution in [-0.4, -0.2) is 54.5 Å². The molecule has 2 aliphatic heterocycles. The van der Waals surface area contributed by atoms with E-state index in [0.29, 0.717) is 44.5 Å². The molecule has 156 valence electrons. The summed E-state index contributed by atoms with van der Waals surface area (Å²) in [5.74, 6) is 1.04. The maximum absolute atomic E-state index is 13.2. The Hall–Kier alpha value is -2.13. The van der Waals surface area contributed by atoms with Gasteiger partial charge in [0, 0.05) is 6.07 Å². The maximum Gasteiger partial charge on any atom is 0.241 e. The van der Waals surface area contributed by atoms with Crippen molar-refractivity contribution >= 4 is 10.0 Å². The summed E-state index contributed by atoms with van der Waals surface area (Å²) in [5, 5.41) is 0. The molecule has 2 N–H and O–H groups in total. The fourth-order valence-electron chi connectivity index (χ4n) is 3.63. The minimum absolute atomic E-state index is 0.177. The van der Waals surface area contributed by atoms with Crippen molar-refractivity contribution < 1.29 is 27.5 Å². The highest BCUT2D eigenvalue weighted by molar-refractivity contribution is 7.89. The quantitative estimate of drug-likeness (QED) is 0.721. The summed E-state index contributed by atoms with van der Waals surface area (Å²) in [7, 11) is -3.73. The first-order chi connectivity index (χ1) is 14.0. The van der Waals surface area contributed by atoms with Gasteiger partial charge in [-0.2, -0.15) is 4.72 Å². The van der Waals surface area contributed by atoms with Gasteiger partial charge in [0.1, 0.15) is 26.3 Å². The summed E-state index contributed by atoms with van der Waals surface area (Å²) in [5.41, 5.74) is 2.09. The van der Waals surface area contributed by atoms with Crippen LogP contribution in [0.3, 0.4) is 0 Å². The lowest BCUT2D eigenvalue weighted by Gasteiger charge is -2.28. The molecule has 1 saturated heterocycles. The molecule has 0 aliphatic carbocycles. The number of benzene rings is 2. The largest absolute Gasteiger partial charge is 0.486 e. The third kappa shape index (κ3) is 4.90. The highest BCUT2D eigenvalue weighted by atomic mass is 32.2. The normalized spacial score (nSPS) is 18.4. The van der Waals surface area contributed by atoms with E-state index >= 15 is 0 Å². The highest BCUT2D eigenvalue weighted by Crippen LogP contribution is 2.32. The van der Waals surface area contributed by atoms with E-state index in [1.54, 1.807) is 12.1 Å². The number of sulfonamides is 1. The van der Waals surface area contributed by atoms with Gasteiger partial charge in [0.2, 0.25) is 10.0 Å². The standard InChI is InChI=1S/C21H26N2O5S/c1-16-2-4-17(5-3-16)19(15-23-8-10-26-11-9-23)22-29(24,25)18-6-7-20-21(14-18)28-13-12-27-20/h2-7,14,19,22H,8-13,15H2,1H3/p+1/t19-/m0/s1. The zero-order chi connectivity index (χ0) is 20.3. The second-order valence-corrected chi connectivity index (χ2v) is 9.17. The van der Waals surface area contributed by atoms with Crippen LogP contribution in [0.4, 0.5) is 0 Å². The van der Waals surface area contributed by atoms with Gasteiger partial charge in [0.05, 0.1) is 30.7 Å². The van der Waals surface area contributed by atoms with Gasteiger partial charge in [0.25, 0.3) is 0 Å². The third-order valence-corrected chi connectivity index (χ3v) is 6.76. The van der Waals surface area contributed by atoms with Gasteiger partial charge in [-0.1, -0.05) is 29.8 Å². The predicted octanol–water partition coefficient (Wildman–Crippen LogP) is 0.701. The van der Waals surface area contributed by atoms with Crippen LogP contribution in [0.1, 0.15) is 17.2 Å². The Bertz CT molecular complexity index is 940. The van der Waals surface area contributed by atoms with E-state index in [1.165, 1.54) is 11.0 Å². The van der Waals surface area contributed by atoms with Crippen molar-refractivity contribution in [2.24, 2.45) is 0 Å². The third-order valence-electron chi connectivity index (χ3n) is 5.29. The summed E-state index contributed by atoms with van der Waals surface area (Å²) in [4.78, 5) is 1.50. The predicted molar refractivity (Wildman–Crippen MR) is 108 cm³/mol. The second kappa shape index (κ2) is 8.71. The summed E-state index contributed by atoms with van der Waals surface area (Å²) in [6.07, 6.45) is 0. The molecule has 0 unspecified atom stereocenters. The molecule has 0 saturated carbocycles. The van der Waals surface area contributed by atoms with E-state index in [2.05, 4.69) is 4.72 Å². The summed E-state index contributed by atoms with van der Waals surface area (Å²) < 4.78 is 45.7. The number of hydrogen-bond donors (Lipinski definition) is 2. The van der Waals surface area contributed by atoms with Crippen LogP contribution in [0.25, 0.3) is 0 Å². The minimum Gasteiger partial charge on any atom is -0.486 e. The number of nitrogens with one attached hydrogen (secondary N) is 2. The van der Waals surface area contributed by atoms with Gasteiger partial charge in [-0.25, -0.2) is 8.42 Å². The number of ether oxygens (including phenoxy) is 3. The van der Waals surface area contributed by atoms with Crippen molar-refractivity contribution in [2.45, 2.75) is 17.9 Å². The monoisotopic (exact) mass is 419 g/mol. The fraction of sp³-hybridized carbons (Fsp3) is 0.429. The van der Waals surface area contributed by atoms with E-state index in [4.69, 9.17) is 14.2 Å². The Balaban J connectivity index is 1.59. The van der Waals surface area contributed by atoms with Gasteiger partial charge < -0.3 is 19.1 Å². The first kappa shape index (κ1) is 20.2. The molecule has 0 radical (unpaired) electrons. The van der Waals surface area contributed by atoms with Crippen LogP contribution in [0.5, 0.6) is 11.5 Å². The van der Waals surface area contributed by atoms with E-state index < -0.39 is 10.0 Å². The van der Waals surface area contributed by atoms with E-state index in [0.717, 1.165) is 24.2 Å². The van der Waals surface area contributed by atoms with Gasteiger partial charge in [-0.05, 0) is 24.6 Å². The molecule has 1 atom stereocenters. The number of fused-ring (bicyclic) bond motifs is 1. The zero-order valence-corrected chi connectivity index (χ0v) is 17.3. The average Bonchev–Trinajstić information content (AvgIpc) is 2.74. The number of hydrogen-bond acceptors (Lipinski definition) is 5. The molecule has 7 nitrogen and oxygen atoms in total. The molecule has 29 heavy (non-hydrogen) atoms. The lowest BCUT2D eigenvalue weighted by molar-refractivity contribution is -0.909. The van der Waals surface area contributed by atoms with Crippen LogP contribution in [0.15, 0.2) is 47.4 Å². The highest BCUT2D eigenvalue weighted by Gasteiger charge is 2.27. The van der Waals surface area contributed by atoms with Crippen LogP contribution >= 0.6 is 0 Å². The molecule has 2 aromatic rings. The van der Waals surface area contributed by atoms with Gasteiger partial charge in [-0.3, -0.25) is 0 Å². The van der Waals surface area contributed by atoms with Crippen LogP contribution in [0.2, 0.25) is 0 Å². The topological polar surface area (TPSA) is 78.3 Å². The lowest BCUT2D eigenvalue weighted by atomic mass is 10.1. The average molecular weight is 420 g/mol. The molecule has 2 aromatic carbocycles. The van der Waals surface area contributed by atoms with Gasteiger partial charge >= 0.3 is 0 Å². The van der Waals surface area contributed by atoms with Crippen LogP contribution < -0.4 is 19.1 Å². The molecular weight excluding hydrogens is 392 g/mol. The Morgan fingerprint density at radius 1 is 0.966 bits per heavy atom. The Labute approximate surface area is 171 Å². The molecule has 0 amide bonds. The molecule has 2 heterocycles. The second-order valence-electron chi connectivity index (χ2n) is 7.46. The number of morpholine rings is 1. The SMILES string of the molecule is Cc1ccc([C@H](C[NH+]2CCOCC2)NS(=O)(=O)c2ccc3c(c2)OCCO3)cc1. The number of aryl methyl sites for hydroxylation is 1. The van der Waals surface area contributed by atoms with Crippen LogP contribution in [0, 0.1) is 6.92 Å². The van der Waals surface area contributed by atoms with E-state index in [1.807, 2.05) is 31.2 Å². The van der Waals surface area contributed by atoms with Gasteiger partial charge in [0.15, 0.2) is 11.5 Å². The summed E-state index contributed by atoms with van der Waals surface area (Å²) in [6.45, 7) is 6.70. The molecule has 1 fully saturated rings. The molecule has 2 aliphatic rings. The minimum atomic E-state index is -3.73. The smallest absolute Gasteiger partial charge is 0.241 e. The summed E-state index contributed by atoms with van der Waals surface area (Å²) >= 11 is 0. The Kier molecular flexibility index (Phi) is 6.05. The van der Waals surface area contributed by atoms with E-state index in [-0.39, 0.29) is 10.9 Å². The van der Waals surface area contributed by atoms with Crippen molar-refractivity contribution in [3.05, 3.63) is 53.6 Å². The first-order valence-corrected chi connectivity index (χ1v) is 11.4. The molecule has 0 bridgehead atoms. The molecule has 0 spiro atoms. The molecule has 8 heteroatoms. The zero-order valence-electron chi connectivity index (χ0n) is 16.5. The molecule has 0 aromatic heterocycles. The Morgan fingerprint density at radius 3 is 2.38 bits per heavy atom. The fourth-order valence-corrected chi connectivity index (χ4v) is 4.86. The number of rotatable bonds is 6. The summed E-state index contributed by atoms with van der Waals surface area (Å²) in [6, 6.07) is 12.4. The lowest BCUT2D eigenvalue weighted by Crippen LogP contribution is -3.14. The number of quaternary nitrogens is 1. The van der Waals surface area contributed by atoms with E-state index in [9.17, 15) is 8.42 Å². The molecule has 4 rings (SSSR count).